The van der Waals surface area contributed by atoms with Crippen LogP contribution in [0.2, 0.25) is 0 Å². The van der Waals surface area contributed by atoms with E-state index < -0.39 is 0 Å². The quantitative estimate of drug-likeness (QED) is 0.850. The van der Waals surface area contributed by atoms with Crippen LogP contribution >= 0.6 is 12.4 Å². The smallest absolute Gasteiger partial charge is 0.227 e. The molecule has 3 rings (SSSR count). The normalized spacial score (nSPS) is 26.1. The fourth-order valence-corrected chi connectivity index (χ4v) is 3.48. The zero-order valence-corrected chi connectivity index (χ0v) is 15.3. The van der Waals surface area contributed by atoms with E-state index >= 15 is 0 Å². The molecule has 25 heavy (non-hydrogen) atoms. The van der Waals surface area contributed by atoms with Crippen LogP contribution in [0.4, 0.5) is 5.69 Å². The second-order valence-corrected chi connectivity index (χ2v) is 6.72. The van der Waals surface area contributed by atoms with Gasteiger partial charge in [-0.15, -0.1) is 12.4 Å². The Bertz CT molecular complexity index is 600. The van der Waals surface area contributed by atoms with Gasteiger partial charge in [-0.25, -0.2) is 0 Å². The molecule has 1 aromatic carbocycles. The average Bonchev–Trinajstić information content (AvgIpc) is 2.99. The molecule has 2 amide bonds. The predicted molar refractivity (Wildman–Crippen MR) is 99.1 cm³/mol. The molecule has 3 N–H and O–H groups in total. The fourth-order valence-electron chi connectivity index (χ4n) is 3.48. The highest BCUT2D eigenvalue weighted by Crippen LogP contribution is 2.27. The van der Waals surface area contributed by atoms with E-state index in [1.807, 2.05) is 24.3 Å². The van der Waals surface area contributed by atoms with Crippen molar-refractivity contribution >= 4 is 29.9 Å². The van der Waals surface area contributed by atoms with E-state index in [1.54, 1.807) is 12.0 Å². The van der Waals surface area contributed by atoms with E-state index in [0.29, 0.717) is 6.54 Å². The van der Waals surface area contributed by atoms with Crippen molar-refractivity contribution in [1.82, 2.24) is 5.32 Å². The summed E-state index contributed by atoms with van der Waals surface area (Å²) in [6, 6.07) is 7.79. The van der Waals surface area contributed by atoms with Crippen LogP contribution in [0.5, 0.6) is 5.75 Å². The maximum Gasteiger partial charge on any atom is 0.227 e. The molecular weight excluding hydrogens is 342 g/mol. The Balaban J connectivity index is 0.00000225. The molecule has 1 heterocycles. The molecule has 1 saturated heterocycles. The summed E-state index contributed by atoms with van der Waals surface area (Å²) in [5, 5.41) is 3.10. The van der Waals surface area contributed by atoms with Crippen LogP contribution < -0.4 is 20.7 Å². The van der Waals surface area contributed by atoms with Gasteiger partial charge in [0.25, 0.3) is 0 Å². The molecule has 1 atom stereocenters. The van der Waals surface area contributed by atoms with E-state index in [9.17, 15) is 9.59 Å². The van der Waals surface area contributed by atoms with E-state index in [4.69, 9.17) is 10.5 Å². The van der Waals surface area contributed by atoms with Gasteiger partial charge >= 0.3 is 0 Å². The van der Waals surface area contributed by atoms with Crippen molar-refractivity contribution < 1.29 is 14.3 Å². The van der Waals surface area contributed by atoms with Crippen molar-refractivity contribution in [3.63, 3.8) is 0 Å². The number of nitrogens with zero attached hydrogens (tertiary/aromatic N) is 1. The lowest BCUT2D eigenvalue weighted by molar-refractivity contribution is -0.127. The number of ether oxygens (including phenoxy) is 1. The number of anilines is 1. The van der Waals surface area contributed by atoms with E-state index in [2.05, 4.69) is 5.32 Å². The third kappa shape index (κ3) is 4.64. The SMILES string of the molecule is COc1ccc(N2CC(C(=O)NC3CCC(N)CC3)CC2=O)cc1.Cl. The summed E-state index contributed by atoms with van der Waals surface area (Å²) in [6.07, 6.45) is 4.02. The fraction of sp³-hybridized carbons (Fsp3) is 0.556. The third-order valence-corrected chi connectivity index (χ3v) is 5.00. The highest BCUT2D eigenvalue weighted by Gasteiger charge is 2.36. The number of halogens is 1. The number of hydrogen-bond acceptors (Lipinski definition) is 4. The molecule has 138 valence electrons. The molecule has 0 bridgehead atoms. The Morgan fingerprint density at radius 3 is 2.44 bits per heavy atom. The van der Waals surface area contributed by atoms with Crippen molar-refractivity contribution in [2.24, 2.45) is 11.7 Å². The zero-order valence-electron chi connectivity index (χ0n) is 14.4. The number of carbonyl (C=O) groups is 2. The average molecular weight is 368 g/mol. The minimum absolute atomic E-state index is 0. The summed E-state index contributed by atoms with van der Waals surface area (Å²) in [5.41, 5.74) is 6.70. The zero-order chi connectivity index (χ0) is 17.1. The number of rotatable bonds is 4. The first kappa shape index (κ1) is 19.5. The van der Waals surface area contributed by atoms with Crippen molar-refractivity contribution in [2.75, 3.05) is 18.6 Å². The second kappa shape index (κ2) is 8.54. The predicted octanol–water partition coefficient (Wildman–Crippen LogP) is 1.86. The summed E-state index contributed by atoms with van der Waals surface area (Å²) in [6.45, 7) is 0.434. The Kier molecular flexibility index (Phi) is 6.67. The summed E-state index contributed by atoms with van der Waals surface area (Å²) >= 11 is 0. The molecule has 2 fully saturated rings. The minimum atomic E-state index is -0.282. The monoisotopic (exact) mass is 367 g/mol. The second-order valence-electron chi connectivity index (χ2n) is 6.72. The summed E-state index contributed by atoms with van der Waals surface area (Å²) < 4.78 is 5.13. The molecule has 7 heteroatoms. The molecule has 1 unspecified atom stereocenters. The van der Waals surface area contributed by atoms with Gasteiger partial charge in [0, 0.05) is 30.7 Å². The van der Waals surface area contributed by atoms with Gasteiger partial charge in [-0.1, -0.05) is 0 Å². The Labute approximate surface area is 154 Å². The lowest BCUT2D eigenvalue weighted by Gasteiger charge is -2.27. The number of nitrogens with one attached hydrogen (secondary N) is 1. The number of amides is 2. The first-order valence-corrected chi connectivity index (χ1v) is 8.57. The summed E-state index contributed by atoms with van der Waals surface area (Å²) in [4.78, 5) is 26.4. The van der Waals surface area contributed by atoms with Crippen molar-refractivity contribution in [1.29, 1.82) is 0 Å². The van der Waals surface area contributed by atoms with E-state index in [0.717, 1.165) is 37.1 Å². The summed E-state index contributed by atoms with van der Waals surface area (Å²) in [7, 11) is 1.61. The molecule has 0 spiro atoms. The van der Waals surface area contributed by atoms with Gasteiger partial charge in [-0.3, -0.25) is 9.59 Å². The van der Waals surface area contributed by atoms with Crippen LogP contribution in [-0.4, -0.2) is 37.6 Å². The number of benzene rings is 1. The van der Waals surface area contributed by atoms with E-state index in [-0.39, 0.29) is 48.6 Å². The molecule has 1 aromatic rings. The Hall–Kier alpha value is -1.79. The molecule has 1 saturated carbocycles. The molecule has 1 aliphatic heterocycles. The van der Waals surface area contributed by atoms with Gasteiger partial charge in [0.15, 0.2) is 0 Å². The number of methoxy groups -OCH3 is 1. The molecule has 2 aliphatic rings. The number of carbonyl (C=O) groups excluding carboxylic acids is 2. The molecule has 0 aromatic heterocycles. The topological polar surface area (TPSA) is 84.7 Å². The molecule has 6 nitrogen and oxygen atoms in total. The molecule has 0 radical (unpaired) electrons. The Morgan fingerprint density at radius 1 is 1.20 bits per heavy atom. The van der Waals surface area contributed by atoms with Crippen LogP contribution in [0.25, 0.3) is 0 Å². The number of hydrogen-bond donors (Lipinski definition) is 2. The van der Waals surface area contributed by atoms with Crippen molar-refractivity contribution in [3.8, 4) is 5.75 Å². The maximum absolute atomic E-state index is 12.5. The van der Waals surface area contributed by atoms with Gasteiger partial charge in [0.2, 0.25) is 11.8 Å². The van der Waals surface area contributed by atoms with Gasteiger partial charge in [0.1, 0.15) is 5.75 Å². The van der Waals surface area contributed by atoms with Crippen LogP contribution in [0.15, 0.2) is 24.3 Å². The first-order valence-electron chi connectivity index (χ1n) is 8.57. The summed E-state index contributed by atoms with van der Waals surface area (Å²) in [5.74, 6) is 0.441. The van der Waals surface area contributed by atoms with Gasteiger partial charge in [0.05, 0.1) is 13.0 Å². The minimum Gasteiger partial charge on any atom is -0.497 e. The lowest BCUT2D eigenvalue weighted by atomic mass is 9.91. The lowest BCUT2D eigenvalue weighted by Crippen LogP contribution is -2.43. The highest BCUT2D eigenvalue weighted by atomic mass is 35.5. The van der Waals surface area contributed by atoms with Crippen LogP contribution in [0, 0.1) is 5.92 Å². The van der Waals surface area contributed by atoms with Crippen LogP contribution in [0.3, 0.4) is 0 Å². The largest absolute Gasteiger partial charge is 0.497 e. The van der Waals surface area contributed by atoms with Gasteiger partial charge < -0.3 is 20.7 Å². The van der Waals surface area contributed by atoms with Crippen LogP contribution in [0.1, 0.15) is 32.1 Å². The standard InChI is InChI=1S/C18H25N3O3.ClH/c1-24-16-8-6-15(7-9-16)21-11-12(10-17(21)22)18(23)20-14-4-2-13(19)3-5-14;/h6-9,12-14H,2-5,10-11,19H2,1H3,(H,20,23);1H. The molecular formula is C18H26ClN3O3. The van der Waals surface area contributed by atoms with Gasteiger partial charge in [-0.05, 0) is 49.9 Å². The van der Waals surface area contributed by atoms with Gasteiger partial charge in [-0.2, -0.15) is 0 Å². The highest BCUT2D eigenvalue weighted by molar-refractivity contribution is 6.00. The maximum atomic E-state index is 12.5. The molecule has 1 aliphatic carbocycles. The van der Waals surface area contributed by atoms with Crippen molar-refractivity contribution in [3.05, 3.63) is 24.3 Å². The Morgan fingerprint density at radius 2 is 1.84 bits per heavy atom. The third-order valence-electron chi connectivity index (χ3n) is 5.00. The van der Waals surface area contributed by atoms with Crippen molar-refractivity contribution in [2.45, 2.75) is 44.2 Å². The first-order chi connectivity index (χ1) is 11.6. The van der Waals surface area contributed by atoms with E-state index in [1.165, 1.54) is 0 Å². The number of nitrogens with two attached hydrogens (primary N) is 1. The van der Waals surface area contributed by atoms with Crippen LogP contribution in [-0.2, 0) is 9.59 Å².